The van der Waals surface area contributed by atoms with E-state index in [-0.39, 0.29) is 0 Å². The summed E-state index contributed by atoms with van der Waals surface area (Å²) in [5.41, 5.74) is 6.64. The van der Waals surface area contributed by atoms with Gasteiger partial charge in [-0.2, -0.15) is 0 Å². The molecule has 0 aromatic carbocycles. The summed E-state index contributed by atoms with van der Waals surface area (Å²) >= 11 is 0. The van der Waals surface area contributed by atoms with E-state index in [0.29, 0.717) is 0 Å². The number of rotatable bonds is 2. The highest BCUT2D eigenvalue weighted by Crippen LogP contribution is 2.11. The Balaban J connectivity index is 3.11. The molecule has 60 valence electrons. The summed E-state index contributed by atoms with van der Waals surface area (Å²) in [5, 5.41) is 0. The van der Waals surface area contributed by atoms with E-state index in [1.807, 2.05) is 24.5 Å². The number of nitrogens with zero attached hydrogens (tertiary/aromatic N) is 2. The maximum absolute atomic E-state index is 5.74. The first-order valence-electron chi connectivity index (χ1n) is 3.57. The molecule has 0 radical (unpaired) electrons. The molecule has 0 saturated carbocycles. The summed E-state index contributed by atoms with van der Waals surface area (Å²) < 4.78 is 1.93. The second kappa shape index (κ2) is 2.78. The number of hydrogen-bond donors (Lipinski definition) is 1. The highest BCUT2D eigenvalue weighted by molar-refractivity contribution is 5.37. The molecule has 3 nitrogen and oxygen atoms in total. The minimum Gasteiger partial charge on any atom is -0.384 e. The Labute approximate surface area is 66.5 Å². The maximum Gasteiger partial charge on any atom is 0.126 e. The Morgan fingerprint density at radius 1 is 1.64 bits per heavy atom. The average Bonchev–Trinajstić information content (AvgIpc) is 2.17. The molecule has 1 aromatic rings. The van der Waals surface area contributed by atoms with Gasteiger partial charge in [0.2, 0.25) is 0 Å². The lowest BCUT2D eigenvalue weighted by Crippen LogP contribution is -2.02. The maximum atomic E-state index is 5.74. The van der Waals surface area contributed by atoms with Crippen molar-refractivity contribution in [3.8, 4) is 0 Å². The van der Waals surface area contributed by atoms with Gasteiger partial charge in [0, 0.05) is 6.54 Å². The van der Waals surface area contributed by atoms with Crippen LogP contribution < -0.4 is 5.73 Å². The molecule has 0 unspecified atom stereocenters. The minimum absolute atomic E-state index is 0.735. The molecule has 0 saturated heterocycles. The Bertz CT molecular complexity index is 273. The molecule has 3 heteroatoms. The molecule has 0 fully saturated rings. The van der Waals surface area contributed by atoms with Gasteiger partial charge in [-0.05, 0) is 13.8 Å². The number of nitrogen functional groups attached to an aromatic ring is 1. The lowest BCUT2D eigenvalue weighted by molar-refractivity contribution is 0.792. The van der Waals surface area contributed by atoms with Crippen LogP contribution in [-0.2, 0) is 6.54 Å². The van der Waals surface area contributed by atoms with Gasteiger partial charge >= 0.3 is 0 Å². The van der Waals surface area contributed by atoms with E-state index in [4.69, 9.17) is 5.73 Å². The second-order valence-electron chi connectivity index (χ2n) is 2.53. The Morgan fingerprint density at radius 3 is 2.64 bits per heavy atom. The van der Waals surface area contributed by atoms with E-state index < -0.39 is 0 Å². The number of anilines is 1. The summed E-state index contributed by atoms with van der Waals surface area (Å²) in [5.74, 6) is 1.68. The highest BCUT2D eigenvalue weighted by Gasteiger charge is 2.05. The zero-order valence-corrected chi connectivity index (χ0v) is 6.96. The largest absolute Gasteiger partial charge is 0.384 e. The SMILES string of the molecule is C=CCn1c(C)nc(C)c1N. The molecule has 0 aliphatic rings. The first kappa shape index (κ1) is 7.85. The third-order valence-electron chi connectivity index (χ3n) is 1.69. The van der Waals surface area contributed by atoms with Crippen LogP contribution >= 0.6 is 0 Å². The number of aromatic nitrogens is 2. The molecule has 0 amide bonds. The summed E-state index contributed by atoms with van der Waals surface area (Å²) in [6, 6.07) is 0. The van der Waals surface area contributed by atoms with Crippen molar-refractivity contribution in [3.63, 3.8) is 0 Å². The molecule has 0 spiro atoms. The zero-order chi connectivity index (χ0) is 8.43. The van der Waals surface area contributed by atoms with Crippen LogP contribution in [0.2, 0.25) is 0 Å². The summed E-state index contributed by atoms with van der Waals surface area (Å²) in [4.78, 5) is 4.22. The monoisotopic (exact) mass is 151 g/mol. The molecule has 0 bridgehead atoms. The minimum atomic E-state index is 0.735. The van der Waals surface area contributed by atoms with E-state index in [9.17, 15) is 0 Å². The quantitative estimate of drug-likeness (QED) is 0.647. The van der Waals surface area contributed by atoms with E-state index in [1.165, 1.54) is 0 Å². The first-order chi connectivity index (χ1) is 5.16. The van der Waals surface area contributed by atoms with Gasteiger partial charge in [-0.1, -0.05) is 6.08 Å². The van der Waals surface area contributed by atoms with Crippen molar-refractivity contribution in [2.75, 3.05) is 5.73 Å². The van der Waals surface area contributed by atoms with Crippen LogP contribution in [-0.4, -0.2) is 9.55 Å². The predicted molar refractivity (Wildman–Crippen MR) is 46.3 cm³/mol. The third-order valence-corrected chi connectivity index (χ3v) is 1.69. The molecule has 0 aliphatic heterocycles. The van der Waals surface area contributed by atoms with E-state index in [0.717, 1.165) is 23.9 Å². The van der Waals surface area contributed by atoms with E-state index in [2.05, 4.69) is 11.6 Å². The van der Waals surface area contributed by atoms with Gasteiger partial charge in [-0.25, -0.2) is 4.98 Å². The van der Waals surface area contributed by atoms with Gasteiger partial charge in [0.1, 0.15) is 11.6 Å². The summed E-state index contributed by atoms with van der Waals surface area (Å²) in [6.45, 7) is 8.22. The van der Waals surface area contributed by atoms with Crippen molar-refractivity contribution < 1.29 is 0 Å². The summed E-state index contributed by atoms with van der Waals surface area (Å²) in [6.07, 6.45) is 1.81. The fraction of sp³-hybridized carbons (Fsp3) is 0.375. The van der Waals surface area contributed by atoms with Crippen molar-refractivity contribution >= 4 is 5.82 Å². The normalized spacial score (nSPS) is 10.0. The van der Waals surface area contributed by atoms with Gasteiger partial charge in [0.05, 0.1) is 5.69 Å². The molecule has 0 aliphatic carbocycles. The highest BCUT2D eigenvalue weighted by atomic mass is 15.1. The lowest BCUT2D eigenvalue weighted by atomic mass is 10.5. The fourth-order valence-electron chi connectivity index (χ4n) is 1.09. The number of imidazole rings is 1. The molecule has 1 heterocycles. The predicted octanol–water partition coefficient (Wildman–Crippen LogP) is 1.27. The van der Waals surface area contributed by atoms with Crippen molar-refractivity contribution in [1.29, 1.82) is 0 Å². The molecular weight excluding hydrogens is 138 g/mol. The first-order valence-corrected chi connectivity index (χ1v) is 3.57. The van der Waals surface area contributed by atoms with Gasteiger partial charge in [-0.15, -0.1) is 6.58 Å². The van der Waals surface area contributed by atoms with Crippen LogP contribution in [0.5, 0.6) is 0 Å². The Kier molecular flexibility index (Phi) is 1.98. The van der Waals surface area contributed by atoms with E-state index in [1.54, 1.807) is 0 Å². The molecule has 2 N–H and O–H groups in total. The van der Waals surface area contributed by atoms with Crippen LogP contribution in [0.25, 0.3) is 0 Å². The van der Waals surface area contributed by atoms with Crippen LogP contribution in [0.4, 0.5) is 5.82 Å². The molecule has 1 rings (SSSR count). The van der Waals surface area contributed by atoms with Gasteiger partial charge in [0.15, 0.2) is 0 Å². The van der Waals surface area contributed by atoms with Crippen molar-refractivity contribution in [3.05, 3.63) is 24.2 Å². The molecule has 11 heavy (non-hydrogen) atoms. The van der Waals surface area contributed by atoms with Gasteiger partial charge in [-0.3, -0.25) is 0 Å². The third kappa shape index (κ3) is 1.27. The number of hydrogen-bond acceptors (Lipinski definition) is 2. The van der Waals surface area contributed by atoms with Crippen LogP contribution in [0.1, 0.15) is 11.5 Å². The lowest BCUT2D eigenvalue weighted by Gasteiger charge is -2.02. The van der Waals surface area contributed by atoms with Crippen LogP contribution in [0, 0.1) is 13.8 Å². The van der Waals surface area contributed by atoms with Gasteiger partial charge in [0.25, 0.3) is 0 Å². The van der Waals surface area contributed by atoms with Crippen LogP contribution in [0.15, 0.2) is 12.7 Å². The van der Waals surface area contributed by atoms with E-state index >= 15 is 0 Å². The number of aryl methyl sites for hydroxylation is 2. The van der Waals surface area contributed by atoms with Gasteiger partial charge < -0.3 is 10.3 Å². The zero-order valence-electron chi connectivity index (χ0n) is 6.96. The topological polar surface area (TPSA) is 43.8 Å². The summed E-state index contributed by atoms with van der Waals surface area (Å²) in [7, 11) is 0. The standard InChI is InChI=1S/C8H13N3/c1-4-5-11-7(3)10-6(2)8(11)9/h4H,1,5,9H2,2-3H3. The number of allylic oxidation sites excluding steroid dienone is 1. The van der Waals surface area contributed by atoms with Crippen molar-refractivity contribution in [1.82, 2.24) is 9.55 Å². The molecule has 0 atom stereocenters. The average molecular weight is 151 g/mol. The Morgan fingerprint density at radius 2 is 2.27 bits per heavy atom. The smallest absolute Gasteiger partial charge is 0.126 e. The van der Waals surface area contributed by atoms with Crippen molar-refractivity contribution in [2.45, 2.75) is 20.4 Å². The fourth-order valence-corrected chi connectivity index (χ4v) is 1.09. The number of nitrogens with two attached hydrogens (primary N) is 1. The van der Waals surface area contributed by atoms with Crippen molar-refractivity contribution in [2.24, 2.45) is 0 Å². The molecular formula is C8H13N3. The Hall–Kier alpha value is -1.25. The second-order valence-corrected chi connectivity index (χ2v) is 2.53. The molecule has 1 aromatic heterocycles. The van der Waals surface area contributed by atoms with Crippen LogP contribution in [0.3, 0.4) is 0 Å².